The van der Waals surface area contributed by atoms with Gasteiger partial charge in [-0.3, -0.25) is 0 Å². The lowest BCUT2D eigenvalue weighted by atomic mass is 10.2. The Morgan fingerprint density at radius 2 is 1.95 bits per heavy atom. The van der Waals surface area contributed by atoms with Crippen molar-refractivity contribution in [2.75, 3.05) is 32.8 Å². The van der Waals surface area contributed by atoms with Crippen molar-refractivity contribution in [3.8, 4) is 5.75 Å². The fourth-order valence-corrected chi connectivity index (χ4v) is 2.50. The van der Waals surface area contributed by atoms with Crippen molar-refractivity contribution in [2.45, 2.75) is 25.9 Å². The van der Waals surface area contributed by atoms with Gasteiger partial charge in [0, 0.05) is 32.8 Å². The van der Waals surface area contributed by atoms with Crippen molar-refractivity contribution < 1.29 is 14.6 Å². The van der Waals surface area contributed by atoms with Crippen LogP contribution in [0.5, 0.6) is 5.75 Å². The van der Waals surface area contributed by atoms with Gasteiger partial charge in [0.15, 0.2) is 0 Å². The van der Waals surface area contributed by atoms with Gasteiger partial charge in [-0.05, 0) is 26.0 Å². The molecular weight excluding hydrogens is 256 g/mol. The zero-order valence-corrected chi connectivity index (χ0v) is 12.2. The number of aliphatic hydroxyl groups excluding tert-OH is 1. The summed E-state index contributed by atoms with van der Waals surface area (Å²) in [5.41, 5.74) is 0. The van der Waals surface area contributed by atoms with E-state index in [4.69, 9.17) is 9.47 Å². The molecule has 2 atom stereocenters. The Labute approximate surface area is 120 Å². The molecule has 112 valence electrons. The molecule has 1 aromatic rings. The molecule has 5 heteroatoms. The van der Waals surface area contributed by atoms with Crippen LogP contribution >= 0.6 is 0 Å². The fourth-order valence-electron chi connectivity index (χ4n) is 2.50. The lowest BCUT2D eigenvalue weighted by Gasteiger charge is -2.46. The van der Waals surface area contributed by atoms with E-state index in [0.29, 0.717) is 12.4 Å². The third-order valence-corrected chi connectivity index (χ3v) is 3.44. The smallest absolute Gasteiger partial charge is 0.299 e. The average Bonchev–Trinajstić information content (AvgIpc) is 2.48. The van der Waals surface area contributed by atoms with Crippen molar-refractivity contribution in [3.05, 3.63) is 30.3 Å². The number of ether oxygens (including phenoxy) is 2. The van der Waals surface area contributed by atoms with Gasteiger partial charge in [-0.15, -0.1) is 0 Å². The van der Waals surface area contributed by atoms with E-state index in [2.05, 4.69) is 10.2 Å². The minimum Gasteiger partial charge on any atom is -0.446 e. The zero-order valence-electron chi connectivity index (χ0n) is 12.2. The monoisotopic (exact) mass is 280 g/mol. The van der Waals surface area contributed by atoms with Gasteiger partial charge in [-0.2, -0.15) is 0 Å². The second-order valence-corrected chi connectivity index (χ2v) is 4.89. The van der Waals surface area contributed by atoms with Crippen LogP contribution in [0.15, 0.2) is 30.3 Å². The van der Waals surface area contributed by atoms with Gasteiger partial charge in [0.25, 0.3) is 5.91 Å². The first-order chi connectivity index (χ1) is 9.69. The molecule has 2 unspecified atom stereocenters. The van der Waals surface area contributed by atoms with E-state index in [1.807, 2.05) is 37.3 Å². The minimum absolute atomic E-state index is 0.474. The van der Waals surface area contributed by atoms with E-state index in [-0.39, 0.29) is 0 Å². The standard InChI is InChI=1S/C15H24N2O3/c1-3-19-15(13(2)18,17-11-9-16-10-12-17)20-14-7-5-4-6-8-14/h4-8,13,16,18H,3,9-12H2,1-2H3. The summed E-state index contributed by atoms with van der Waals surface area (Å²) < 4.78 is 11.9. The maximum atomic E-state index is 10.3. The highest BCUT2D eigenvalue weighted by molar-refractivity contribution is 5.21. The number of aliphatic hydroxyl groups is 1. The Morgan fingerprint density at radius 3 is 2.50 bits per heavy atom. The summed E-state index contributed by atoms with van der Waals surface area (Å²) in [4.78, 5) is 2.06. The SMILES string of the molecule is CCOC(Oc1ccccc1)(C(C)O)N1CCNCC1. The van der Waals surface area contributed by atoms with Crippen LogP contribution in [0.3, 0.4) is 0 Å². The van der Waals surface area contributed by atoms with E-state index in [1.54, 1.807) is 6.92 Å². The van der Waals surface area contributed by atoms with Crippen molar-refractivity contribution in [2.24, 2.45) is 0 Å². The Morgan fingerprint density at radius 1 is 1.30 bits per heavy atom. The van der Waals surface area contributed by atoms with Crippen molar-refractivity contribution in [3.63, 3.8) is 0 Å². The van der Waals surface area contributed by atoms with Gasteiger partial charge < -0.3 is 19.9 Å². The van der Waals surface area contributed by atoms with Crippen LogP contribution in [0.4, 0.5) is 0 Å². The van der Waals surface area contributed by atoms with Crippen molar-refractivity contribution in [1.82, 2.24) is 10.2 Å². The van der Waals surface area contributed by atoms with Gasteiger partial charge in [0.05, 0.1) is 0 Å². The molecule has 20 heavy (non-hydrogen) atoms. The van der Waals surface area contributed by atoms with E-state index in [9.17, 15) is 5.11 Å². The number of hydrogen-bond donors (Lipinski definition) is 2. The van der Waals surface area contributed by atoms with Crippen LogP contribution in [0.25, 0.3) is 0 Å². The normalized spacial score (nSPS) is 21.1. The number of piperazine rings is 1. The molecule has 1 aliphatic rings. The van der Waals surface area contributed by atoms with Crippen molar-refractivity contribution >= 4 is 0 Å². The fraction of sp³-hybridized carbons (Fsp3) is 0.600. The molecule has 1 aliphatic heterocycles. The molecule has 1 fully saturated rings. The third kappa shape index (κ3) is 3.30. The topological polar surface area (TPSA) is 54.0 Å². The molecule has 1 heterocycles. The van der Waals surface area contributed by atoms with Gasteiger partial charge in [0.2, 0.25) is 0 Å². The first-order valence-electron chi connectivity index (χ1n) is 7.21. The Balaban J connectivity index is 2.25. The molecule has 0 spiro atoms. The van der Waals surface area contributed by atoms with E-state index in [1.165, 1.54) is 0 Å². The van der Waals surface area contributed by atoms with Crippen LogP contribution < -0.4 is 10.1 Å². The van der Waals surface area contributed by atoms with Gasteiger partial charge in [-0.1, -0.05) is 18.2 Å². The van der Waals surface area contributed by atoms with E-state index < -0.39 is 12.0 Å². The third-order valence-electron chi connectivity index (χ3n) is 3.44. The Bertz CT molecular complexity index is 393. The summed E-state index contributed by atoms with van der Waals surface area (Å²) in [6.07, 6.45) is -0.763. The average molecular weight is 280 g/mol. The van der Waals surface area contributed by atoms with E-state index >= 15 is 0 Å². The summed E-state index contributed by atoms with van der Waals surface area (Å²) in [7, 11) is 0. The Hall–Kier alpha value is -1.14. The summed E-state index contributed by atoms with van der Waals surface area (Å²) in [6.45, 7) is 7.37. The summed E-state index contributed by atoms with van der Waals surface area (Å²) >= 11 is 0. The van der Waals surface area contributed by atoms with Crippen LogP contribution in [-0.4, -0.2) is 54.8 Å². The summed E-state index contributed by atoms with van der Waals surface area (Å²) in [6, 6.07) is 9.50. The van der Waals surface area contributed by atoms with Gasteiger partial charge >= 0.3 is 0 Å². The van der Waals surface area contributed by atoms with Gasteiger partial charge in [-0.25, -0.2) is 4.90 Å². The quantitative estimate of drug-likeness (QED) is 0.763. The number of hydrogen-bond acceptors (Lipinski definition) is 5. The predicted molar refractivity (Wildman–Crippen MR) is 77.6 cm³/mol. The molecule has 2 rings (SSSR count). The molecule has 2 N–H and O–H groups in total. The van der Waals surface area contributed by atoms with E-state index in [0.717, 1.165) is 26.2 Å². The largest absolute Gasteiger partial charge is 0.446 e. The molecule has 0 aliphatic carbocycles. The maximum absolute atomic E-state index is 10.3. The van der Waals surface area contributed by atoms with Gasteiger partial charge in [0.1, 0.15) is 11.9 Å². The zero-order chi connectivity index (χ0) is 14.4. The van der Waals surface area contributed by atoms with Crippen molar-refractivity contribution in [1.29, 1.82) is 0 Å². The number of nitrogens with one attached hydrogen (secondary N) is 1. The maximum Gasteiger partial charge on any atom is 0.299 e. The minimum atomic E-state index is -1.13. The molecule has 1 aromatic carbocycles. The molecule has 0 bridgehead atoms. The predicted octanol–water partition coefficient (Wildman–Crippen LogP) is 1.04. The highest BCUT2D eigenvalue weighted by atomic mass is 16.7. The summed E-state index contributed by atoms with van der Waals surface area (Å²) in [5, 5.41) is 13.6. The van der Waals surface area contributed by atoms with Crippen LogP contribution in [0.1, 0.15) is 13.8 Å². The van der Waals surface area contributed by atoms with Crippen LogP contribution in [0.2, 0.25) is 0 Å². The number of benzene rings is 1. The number of rotatable bonds is 6. The molecular formula is C15H24N2O3. The molecule has 0 radical (unpaired) electrons. The van der Waals surface area contributed by atoms with Crippen LogP contribution in [0, 0.1) is 0 Å². The van der Waals surface area contributed by atoms with Crippen LogP contribution in [-0.2, 0) is 4.74 Å². The molecule has 0 saturated carbocycles. The molecule has 5 nitrogen and oxygen atoms in total. The highest BCUT2D eigenvalue weighted by Crippen LogP contribution is 2.27. The summed E-state index contributed by atoms with van der Waals surface area (Å²) in [5.74, 6) is -0.432. The second-order valence-electron chi connectivity index (χ2n) is 4.89. The molecule has 0 aromatic heterocycles. The first kappa shape index (κ1) is 15.3. The second kappa shape index (κ2) is 7.04. The first-order valence-corrected chi connectivity index (χ1v) is 7.21. The Kier molecular flexibility index (Phi) is 5.37. The lowest BCUT2D eigenvalue weighted by Crippen LogP contribution is -2.65. The number of para-hydroxylation sites is 1. The molecule has 0 amide bonds. The lowest BCUT2D eigenvalue weighted by molar-refractivity contribution is -0.315. The molecule has 1 saturated heterocycles. The number of nitrogens with zero attached hydrogens (tertiary/aromatic N) is 1. The highest BCUT2D eigenvalue weighted by Gasteiger charge is 2.45.